The molecule has 0 fully saturated rings. The Balaban J connectivity index is 2.04. The Hall–Kier alpha value is -2.36. The SMILES string of the molecule is COc1ccc(C(=O)CNc2ccc(C(C)C)c(C)c2)cc1F. The summed E-state index contributed by atoms with van der Waals surface area (Å²) >= 11 is 0. The van der Waals surface area contributed by atoms with Crippen molar-refractivity contribution in [3.8, 4) is 5.75 Å². The Kier molecular flexibility index (Phi) is 5.37. The highest BCUT2D eigenvalue weighted by atomic mass is 19.1. The number of ketones is 1. The third-order valence-electron chi connectivity index (χ3n) is 3.82. The zero-order chi connectivity index (χ0) is 17.0. The fourth-order valence-electron chi connectivity index (χ4n) is 2.56. The van der Waals surface area contributed by atoms with E-state index in [1.165, 1.54) is 30.4 Å². The summed E-state index contributed by atoms with van der Waals surface area (Å²) in [6.45, 7) is 6.47. The van der Waals surface area contributed by atoms with Crippen LogP contribution in [-0.4, -0.2) is 19.4 Å². The second-order valence-electron chi connectivity index (χ2n) is 5.85. The molecule has 0 spiro atoms. The molecule has 2 aromatic rings. The lowest BCUT2D eigenvalue weighted by Crippen LogP contribution is -2.14. The van der Waals surface area contributed by atoms with Crippen LogP contribution in [0.4, 0.5) is 10.1 Å². The summed E-state index contributed by atoms with van der Waals surface area (Å²) < 4.78 is 18.5. The molecule has 2 rings (SSSR count). The van der Waals surface area contributed by atoms with Crippen LogP contribution >= 0.6 is 0 Å². The summed E-state index contributed by atoms with van der Waals surface area (Å²) in [7, 11) is 1.39. The van der Waals surface area contributed by atoms with Crippen molar-refractivity contribution in [3.05, 3.63) is 58.9 Å². The molecule has 0 aliphatic heterocycles. The number of benzene rings is 2. The highest BCUT2D eigenvalue weighted by molar-refractivity contribution is 5.99. The van der Waals surface area contributed by atoms with Crippen LogP contribution in [0.1, 0.15) is 41.3 Å². The summed E-state index contributed by atoms with van der Waals surface area (Å²) in [6.07, 6.45) is 0. The minimum absolute atomic E-state index is 0.117. The van der Waals surface area contributed by atoms with Crippen LogP contribution in [0.3, 0.4) is 0 Å². The molecule has 0 amide bonds. The highest BCUT2D eigenvalue weighted by Gasteiger charge is 2.10. The smallest absolute Gasteiger partial charge is 0.181 e. The Morgan fingerprint density at radius 2 is 1.96 bits per heavy atom. The van der Waals surface area contributed by atoms with E-state index in [0.717, 1.165) is 5.69 Å². The van der Waals surface area contributed by atoms with Gasteiger partial charge in [-0.15, -0.1) is 0 Å². The Labute approximate surface area is 136 Å². The van der Waals surface area contributed by atoms with Gasteiger partial charge < -0.3 is 10.1 Å². The van der Waals surface area contributed by atoms with Crippen molar-refractivity contribution >= 4 is 11.5 Å². The number of methoxy groups -OCH3 is 1. The van der Waals surface area contributed by atoms with Gasteiger partial charge in [-0.05, 0) is 54.3 Å². The molecular formula is C19H22FNO2. The lowest BCUT2D eigenvalue weighted by atomic mass is 9.97. The lowest BCUT2D eigenvalue weighted by molar-refractivity contribution is 0.101. The predicted octanol–water partition coefficient (Wildman–Crippen LogP) is 4.56. The van der Waals surface area contributed by atoms with E-state index < -0.39 is 5.82 Å². The van der Waals surface area contributed by atoms with E-state index in [2.05, 4.69) is 32.2 Å². The van der Waals surface area contributed by atoms with Crippen molar-refractivity contribution in [2.45, 2.75) is 26.7 Å². The van der Waals surface area contributed by atoms with Crippen LogP contribution in [0.15, 0.2) is 36.4 Å². The third kappa shape index (κ3) is 4.09. The number of hydrogen-bond donors (Lipinski definition) is 1. The molecule has 0 atom stereocenters. The molecule has 0 unspecified atom stereocenters. The molecule has 2 aromatic carbocycles. The molecular weight excluding hydrogens is 293 g/mol. The van der Waals surface area contributed by atoms with Crippen molar-refractivity contribution in [2.75, 3.05) is 19.0 Å². The van der Waals surface area contributed by atoms with Gasteiger partial charge >= 0.3 is 0 Å². The zero-order valence-corrected chi connectivity index (χ0v) is 13.9. The van der Waals surface area contributed by atoms with Gasteiger partial charge in [0.25, 0.3) is 0 Å². The van der Waals surface area contributed by atoms with Gasteiger partial charge in [0.2, 0.25) is 0 Å². The summed E-state index contributed by atoms with van der Waals surface area (Å²) in [5.41, 5.74) is 3.69. The maximum absolute atomic E-state index is 13.6. The molecule has 0 aromatic heterocycles. The Morgan fingerprint density at radius 3 is 2.52 bits per heavy atom. The molecule has 4 heteroatoms. The van der Waals surface area contributed by atoms with Gasteiger partial charge in [-0.3, -0.25) is 4.79 Å². The molecule has 0 radical (unpaired) electrons. The van der Waals surface area contributed by atoms with Gasteiger partial charge in [0.05, 0.1) is 13.7 Å². The molecule has 0 aliphatic rings. The summed E-state index contributed by atoms with van der Waals surface area (Å²) in [4.78, 5) is 12.2. The molecule has 3 nitrogen and oxygen atoms in total. The topological polar surface area (TPSA) is 38.3 Å². The van der Waals surface area contributed by atoms with Crippen LogP contribution in [0.25, 0.3) is 0 Å². The minimum atomic E-state index is -0.532. The fraction of sp³-hybridized carbons (Fsp3) is 0.316. The summed E-state index contributed by atoms with van der Waals surface area (Å²) in [5, 5.41) is 3.09. The van der Waals surface area contributed by atoms with Crippen LogP contribution in [0, 0.1) is 12.7 Å². The van der Waals surface area contributed by atoms with Gasteiger partial charge in [0.1, 0.15) is 0 Å². The number of halogens is 1. The summed E-state index contributed by atoms with van der Waals surface area (Å²) in [6, 6.07) is 10.3. The van der Waals surface area contributed by atoms with E-state index in [1.807, 2.05) is 12.1 Å². The Bertz CT molecular complexity index is 711. The fourth-order valence-corrected chi connectivity index (χ4v) is 2.56. The first kappa shape index (κ1) is 17.0. The van der Waals surface area contributed by atoms with E-state index in [-0.39, 0.29) is 18.1 Å². The van der Waals surface area contributed by atoms with Gasteiger partial charge in [0, 0.05) is 11.3 Å². The second kappa shape index (κ2) is 7.27. The first-order valence-electron chi connectivity index (χ1n) is 7.63. The van der Waals surface area contributed by atoms with Gasteiger partial charge in [-0.25, -0.2) is 4.39 Å². The van der Waals surface area contributed by atoms with Crippen molar-refractivity contribution in [3.63, 3.8) is 0 Å². The largest absolute Gasteiger partial charge is 0.494 e. The van der Waals surface area contributed by atoms with Crippen molar-refractivity contribution in [1.29, 1.82) is 0 Å². The molecule has 0 aliphatic carbocycles. The molecule has 0 heterocycles. The molecule has 23 heavy (non-hydrogen) atoms. The summed E-state index contributed by atoms with van der Waals surface area (Å²) in [5.74, 6) is -0.102. The number of carbonyl (C=O) groups excluding carboxylic acids is 1. The minimum Gasteiger partial charge on any atom is -0.494 e. The van der Waals surface area contributed by atoms with Crippen LogP contribution < -0.4 is 10.1 Å². The van der Waals surface area contributed by atoms with Gasteiger partial charge in [-0.1, -0.05) is 19.9 Å². The van der Waals surface area contributed by atoms with E-state index in [0.29, 0.717) is 11.5 Å². The van der Waals surface area contributed by atoms with E-state index >= 15 is 0 Å². The maximum Gasteiger partial charge on any atom is 0.181 e. The van der Waals surface area contributed by atoms with Gasteiger partial charge in [0.15, 0.2) is 17.3 Å². The zero-order valence-electron chi connectivity index (χ0n) is 13.9. The predicted molar refractivity (Wildman–Crippen MR) is 91.0 cm³/mol. The average molecular weight is 315 g/mol. The van der Waals surface area contributed by atoms with Gasteiger partial charge in [-0.2, -0.15) is 0 Å². The van der Waals surface area contributed by atoms with E-state index in [4.69, 9.17) is 4.74 Å². The number of ether oxygens (including phenoxy) is 1. The third-order valence-corrected chi connectivity index (χ3v) is 3.82. The van der Waals surface area contributed by atoms with Crippen molar-refractivity contribution < 1.29 is 13.9 Å². The number of anilines is 1. The quantitative estimate of drug-likeness (QED) is 0.794. The van der Waals surface area contributed by atoms with E-state index in [9.17, 15) is 9.18 Å². The number of rotatable bonds is 6. The van der Waals surface area contributed by atoms with Crippen LogP contribution in [0.5, 0.6) is 5.75 Å². The standard InChI is InChI=1S/C19H22FNO2/c1-12(2)16-7-6-15(9-13(16)3)21-11-18(22)14-5-8-19(23-4)17(20)10-14/h5-10,12,21H,11H2,1-4H3. The Morgan fingerprint density at radius 1 is 1.22 bits per heavy atom. The number of aryl methyl sites for hydroxylation is 1. The van der Waals surface area contributed by atoms with Crippen LogP contribution in [0.2, 0.25) is 0 Å². The normalized spacial score (nSPS) is 10.7. The molecule has 0 saturated heterocycles. The monoisotopic (exact) mass is 315 g/mol. The van der Waals surface area contributed by atoms with Crippen molar-refractivity contribution in [2.24, 2.45) is 0 Å². The molecule has 1 N–H and O–H groups in total. The lowest BCUT2D eigenvalue weighted by Gasteiger charge is -2.12. The first-order valence-corrected chi connectivity index (χ1v) is 7.63. The molecule has 0 bridgehead atoms. The number of carbonyl (C=O) groups is 1. The van der Waals surface area contributed by atoms with Crippen LogP contribution in [-0.2, 0) is 0 Å². The number of Topliss-reactive ketones (excluding diaryl/α,β-unsaturated/α-hetero) is 1. The highest BCUT2D eigenvalue weighted by Crippen LogP contribution is 2.22. The second-order valence-corrected chi connectivity index (χ2v) is 5.85. The van der Waals surface area contributed by atoms with E-state index in [1.54, 1.807) is 6.07 Å². The van der Waals surface area contributed by atoms with Crippen molar-refractivity contribution in [1.82, 2.24) is 0 Å². The average Bonchev–Trinajstić information content (AvgIpc) is 2.52. The number of nitrogens with one attached hydrogen (secondary N) is 1. The maximum atomic E-state index is 13.6. The number of hydrogen-bond acceptors (Lipinski definition) is 3. The molecule has 122 valence electrons. The molecule has 0 saturated carbocycles. The first-order chi connectivity index (χ1) is 10.9.